The second-order valence-corrected chi connectivity index (χ2v) is 7.59. The Morgan fingerprint density at radius 3 is 0.917 bits per heavy atom. The summed E-state index contributed by atoms with van der Waals surface area (Å²) in [6.45, 7) is 0. The Morgan fingerprint density at radius 2 is 0.667 bits per heavy atom. The third-order valence-corrected chi connectivity index (χ3v) is 5.28. The van der Waals surface area contributed by atoms with Gasteiger partial charge in [0, 0.05) is 0 Å². The van der Waals surface area contributed by atoms with E-state index >= 15 is 0 Å². The van der Waals surface area contributed by atoms with E-state index in [4.69, 9.17) is 0 Å². The van der Waals surface area contributed by atoms with Crippen LogP contribution in [-0.4, -0.2) is 53.6 Å². The zero-order valence-electron chi connectivity index (χ0n) is 15.6. The lowest BCUT2D eigenvalue weighted by Crippen LogP contribution is -2.76. The van der Waals surface area contributed by atoms with Crippen molar-refractivity contribution >= 4 is 11.3 Å². The molecule has 212 valence electrons. The predicted molar refractivity (Wildman–Crippen MR) is 73.8 cm³/mol. The molecular weight excluding hydrogens is 599 g/mol. The van der Waals surface area contributed by atoms with E-state index < -0.39 is 75.7 Å². The number of hydrogen-bond acceptors (Lipinski definition) is 1. The Labute approximate surface area is 186 Å². The van der Waals surface area contributed by atoms with Crippen molar-refractivity contribution in [3.05, 3.63) is 22.4 Å². The van der Waals surface area contributed by atoms with Crippen LogP contribution in [0.25, 0.3) is 0 Å². The van der Waals surface area contributed by atoms with E-state index in [2.05, 4.69) is 0 Å². The molecule has 0 saturated carbocycles. The molecule has 1 aromatic heterocycles. The molecule has 0 aliphatic heterocycles. The number of halogens is 21. The summed E-state index contributed by atoms with van der Waals surface area (Å²) in [6.07, 6.45) is -7.99. The van der Waals surface area contributed by atoms with Crippen LogP contribution in [-0.2, 0) is 5.92 Å². The van der Waals surface area contributed by atoms with Crippen LogP contribution in [0.4, 0.5) is 92.2 Å². The van der Waals surface area contributed by atoms with Crippen LogP contribution >= 0.6 is 11.3 Å². The van der Waals surface area contributed by atoms with Gasteiger partial charge in [0.2, 0.25) is 0 Å². The van der Waals surface area contributed by atoms with Gasteiger partial charge in [-0.05, 0) is 11.4 Å². The topological polar surface area (TPSA) is 0 Å². The normalized spacial score (nSPS) is 16.5. The fourth-order valence-corrected chi connectivity index (χ4v) is 2.91. The molecule has 0 aliphatic carbocycles. The number of thiophene rings is 1. The summed E-state index contributed by atoms with van der Waals surface area (Å²) in [5, 5.41) is 0.377. The molecule has 0 unspecified atom stereocenters. The van der Waals surface area contributed by atoms with Gasteiger partial charge in [-0.15, -0.1) is 11.3 Å². The summed E-state index contributed by atoms with van der Waals surface area (Å²) in [5.74, 6) is -76.8. The fourth-order valence-electron chi connectivity index (χ4n) is 2.17. The standard InChI is InChI=1S/C14H3F21S/c15-5(16,4-2-1-3-36-4)6(17,18)7(19,20)8(21,22)9(23,24)10(25,26)11(27,28)12(29,30)13(31,32)14(33,34)35/h1-3H. The Hall–Kier alpha value is -1.77. The average molecular weight is 602 g/mol. The van der Waals surface area contributed by atoms with Crippen molar-refractivity contribution in [3.8, 4) is 0 Å². The number of alkyl halides is 21. The molecule has 0 atom stereocenters. The van der Waals surface area contributed by atoms with Gasteiger partial charge in [-0.2, -0.15) is 92.2 Å². The van der Waals surface area contributed by atoms with Gasteiger partial charge < -0.3 is 0 Å². The maximum absolute atomic E-state index is 13.7. The zero-order valence-corrected chi connectivity index (χ0v) is 16.4. The van der Waals surface area contributed by atoms with Crippen LogP contribution in [0.3, 0.4) is 0 Å². The lowest BCUT2D eigenvalue weighted by atomic mass is 9.86. The summed E-state index contributed by atoms with van der Waals surface area (Å²) in [4.78, 5) is -2.33. The van der Waals surface area contributed by atoms with E-state index in [-0.39, 0.29) is 6.07 Å². The van der Waals surface area contributed by atoms with Crippen molar-refractivity contribution in [2.75, 3.05) is 0 Å². The molecule has 0 saturated heterocycles. The minimum atomic E-state index is -9.15. The molecule has 0 amide bonds. The van der Waals surface area contributed by atoms with Gasteiger partial charge >= 0.3 is 59.5 Å². The number of hydrogen-bond donors (Lipinski definition) is 0. The Balaban J connectivity index is 3.79. The molecule has 1 aromatic rings. The SMILES string of the molecule is FC(F)(F)C(F)(F)C(F)(F)C(F)(F)C(F)(F)C(F)(F)C(F)(F)C(F)(F)C(F)(F)C(F)(F)c1cccs1. The predicted octanol–water partition coefficient (Wildman–Crippen LogP) is 8.48. The minimum Gasteiger partial charge on any atom is -0.193 e. The summed E-state index contributed by atoms with van der Waals surface area (Å²) in [6, 6.07) is 0.139. The van der Waals surface area contributed by atoms with Crippen LogP contribution in [0, 0.1) is 0 Å². The fraction of sp³-hybridized carbons (Fsp3) is 0.714. The highest BCUT2D eigenvalue weighted by Crippen LogP contribution is 2.67. The Kier molecular flexibility index (Phi) is 7.27. The zero-order chi connectivity index (χ0) is 29.4. The molecule has 0 bridgehead atoms. The summed E-state index contributed by atoms with van der Waals surface area (Å²) in [5.41, 5.74) is 0. The van der Waals surface area contributed by atoms with Gasteiger partial charge in [-0.3, -0.25) is 0 Å². The molecule has 1 rings (SSSR count). The second-order valence-electron chi connectivity index (χ2n) is 6.64. The Morgan fingerprint density at radius 1 is 0.389 bits per heavy atom. The van der Waals surface area contributed by atoms with Gasteiger partial charge in [0.1, 0.15) is 0 Å². The van der Waals surface area contributed by atoms with Crippen LogP contribution in [0.15, 0.2) is 17.5 Å². The molecule has 0 radical (unpaired) electrons. The highest BCUT2D eigenvalue weighted by atomic mass is 32.1. The largest absolute Gasteiger partial charge is 0.460 e. The first-order chi connectivity index (χ1) is 15.4. The highest BCUT2D eigenvalue weighted by Gasteiger charge is 2.97. The van der Waals surface area contributed by atoms with Gasteiger partial charge in [0.15, 0.2) is 0 Å². The van der Waals surface area contributed by atoms with Crippen molar-refractivity contribution in [3.63, 3.8) is 0 Å². The van der Waals surface area contributed by atoms with Crippen molar-refractivity contribution in [1.29, 1.82) is 0 Å². The van der Waals surface area contributed by atoms with E-state index in [0.29, 0.717) is 11.4 Å². The highest BCUT2D eigenvalue weighted by molar-refractivity contribution is 7.10. The average Bonchev–Trinajstić information content (AvgIpc) is 3.21. The number of rotatable bonds is 9. The summed E-state index contributed by atoms with van der Waals surface area (Å²) in [7, 11) is 0. The summed E-state index contributed by atoms with van der Waals surface area (Å²) < 4.78 is 277. The molecule has 0 aliphatic rings. The molecular formula is C14H3F21S. The Bertz CT molecular complexity index is 921. The van der Waals surface area contributed by atoms with E-state index in [1.165, 1.54) is 0 Å². The molecule has 0 aromatic carbocycles. The molecule has 0 spiro atoms. The van der Waals surface area contributed by atoms with Crippen LogP contribution < -0.4 is 0 Å². The van der Waals surface area contributed by atoms with E-state index in [9.17, 15) is 92.2 Å². The lowest BCUT2D eigenvalue weighted by Gasteiger charge is -2.44. The molecule has 36 heavy (non-hydrogen) atoms. The third kappa shape index (κ3) is 3.70. The second kappa shape index (κ2) is 8.11. The molecule has 0 fully saturated rings. The summed E-state index contributed by atoms with van der Waals surface area (Å²) >= 11 is -0.644. The van der Waals surface area contributed by atoms with E-state index in [1.807, 2.05) is 0 Å². The molecule has 0 N–H and O–H groups in total. The first-order valence-corrected chi connectivity index (χ1v) is 8.74. The van der Waals surface area contributed by atoms with E-state index in [1.54, 1.807) is 0 Å². The lowest BCUT2D eigenvalue weighted by molar-refractivity contribution is -0.474. The van der Waals surface area contributed by atoms with Crippen LogP contribution in [0.1, 0.15) is 4.88 Å². The minimum absolute atomic E-state index is 0.215. The van der Waals surface area contributed by atoms with Crippen LogP contribution in [0.5, 0.6) is 0 Å². The first kappa shape index (κ1) is 32.3. The third-order valence-electron chi connectivity index (χ3n) is 4.34. The maximum atomic E-state index is 13.7. The van der Waals surface area contributed by atoms with Crippen molar-refractivity contribution < 1.29 is 92.2 Å². The monoisotopic (exact) mass is 602 g/mol. The van der Waals surface area contributed by atoms with Gasteiger partial charge in [-0.1, -0.05) is 6.07 Å². The van der Waals surface area contributed by atoms with Crippen molar-refractivity contribution in [2.45, 2.75) is 59.5 Å². The van der Waals surface area contributed by atoms with Gasteiger partial charge in [-0.25, -0.2) is 0 Å². The van der Waals surface area contributed by atoms with Crippen LogP contribution in [0.2, 0.25) is 0 Å². The molecule has 22 heteroatoms. The quantitative estimate of drug-likeness (QED) is 0.249. The molecule has 0 nitrogen and oxygen atoms in total. The van der Waals surface area contributed by atoms with Gasteiger partial charge in [0.25, 0.3) is 0 Å². The molecule has 1 heterocycles. The van der Waals surface area contributed by atoms with Crippen molar-refractivity contribution in [2.24, 2.45) is 0 Å². The smallest absolute Gasteiger partial charge is 0.193 e. The first-order valence-electron chi connectivity index (χ1n) is 7.86. The van der Waals surface area contributed by atoms with Crippen molar-refractivity contribution in [1.82, 2.24) is 0 Å². The van der Waals surface area contributed by atoms with Gasteiger partial charge in [0.05, 0.1) is 4.88 Å². The maximum Gasteiger partial charge on any atom is 0.460 e. The van der Waals surface area contributed by atoms with E-state index in [0.717, 1.165) is 0 Å².